The normalized spacial score (nSPS) is 20.3. The van der Waals surface area contributed by atoms with Crippen molar-refractivity contribution >= 4 is 17.2 Å². The van der Waals surface area contributed by atoms with Crippen LogP contribution in [0.5, 0.6) is 0 Å². The topological polar surface area (TPSA) is 40.5 Å². The highest BCUT2D eigenvalue weighted by Crippen LogP contribution is 2.19. The molecule has 1 aliphatic rings. The molecule has 1 fully saturated rings. The van der Waals surface area contributed by atoms with Gasteiger partial charge in [0, 0.05) is 17.8 Å². The van der Waals surface area contributed by atoms with Gasteiger partial charge >= 0.3 is 0 Å². The largest absolute Gasteiger partial charge is 0.394 e. The second kappa shape index (κ2) is 7.65. The van der Waals surface area contributed by atoms with Gasteiger partial charge in [0.1, 0.15) is 0 Å². The van der Waals surface area contributed by atoms with Crippen LogP contribution in [0.2, 0.25) is 0 Å². The molecule has 1 saturated heterocycles. The number of aliphatic hydroxyl groups is 1. The number of thiophene rings is 1. The molecule has 1 aromatic rings. The Morgan fingerprint density at radius 1 is 1.42 bits per heavy atom. The zero-order valence-electron chi connectivity index (χ0n) is 11.4. The van der Waals surface area contributed by atoms with Crippen LogP contribution in [0, 0.1) is 0 Å². The Kier molecular flexibility index (Phi) is 5.86. The summed E-state index contributed by atoms with van der Waals surface area (Å²) in [5, 5.41) is 11.5. The van der Waals surface area contributed by atoms with Gasteiger partial charge in [-0.1, -0.05) is 18.9 Å². The van der Waals surface area contributed by atoms with Gasteiger partial charge in [0.2, 0.25) is 5.91 Å². The number of carbonyl (C=O) groups excluding carboxylic acids is 1. The maximum atomic E-state index is 12.3. The lowest BCUT2D eigenvalue weighted by atomic mass is 10.1. The number of nitrogens with zero attached hydrogens (tertiary/aromatic N) is 1. The molecule has 0 aromatic carbocycles. The lowest BCUT2D eigenvalue weighted by Crippen LogP contribution is -2.42. The van der Waals surface area contributed by atoms with E-state index in [-0.39, 0.29) is 18.6 Å². The first-order valence-corrected chi connectivity index (χ1v) is 8.12. The zero-order valence-corrected chi connectivity index (χ0v) is 12.2. The standard InChI is InChI=1S/C15H23NO2S/c17-12-13-6-2-1-3-10-16(13)15(18)9-4-7-14-8-5-11-19-14/h5,8,11,13,17H,1-4,6-7,9-10,12H2. The van der Waals surface area contributed by atoms with E-state index in [2.05, 4.69) is 17.5 Å². The summed E-state index contributed by atoms with van der Waals surface area (Å²) >= 11 is 1.75. The average Bonchev–Trinajstić information content (AvgIpc) is 2.81. The Balaban J connectivity index is 1.80. The van der Waals surface area contributed by atoms with Gasteiger partial charge in [-0.05, 0) is 37.1 Å². The van der Waals surface area contributed by atoms with Gasteiger partial charge in [0.15, 0.2) is 0 Å². The third kappa shape index (κ3) is 4.32. The molecular weight excluding hydrogens is 258 g/mol. The van der Waals surface area contributed by atoms with Crippen molar-refractivity contribution in [2.24, 2.45) is 0 Å². The highest BCUT2D eigenvalue weighted by molar-refractivity contribution is 7.09. The molecule has 1 atom stereocenters. The van der Waals surface area contributed by atoms with Gasteiger partial charge in [-0.2, -0.15) is 0 Å². The molecule has 0 aliphatic carbocycles. The molecule has 3 nitrogen and oxygen atoms in total. The van der Waals surface area contributed by atoms with E-state index in [9.17, 15) is 9.90 Å². The molecule has 0 bridgehead atoms. The highest BCUT2D eigenvalue weighted by atomic mass is 32.1. The minimum absolute atomic E-state index is 0.0525. The fourth-order valence-electron chi connectivity index (χ4n) is 2.71. The maximum absolute atomic E-state index is 12.3. The molecule has 1 N–H and O–H groups in total. The van der Waals surface area contributed by atoms with Crippen molar-refractivity contribution in [1.82, 2.24) is 4.90 Å². The van der Waals surface area contributed by atoms with Crippen molar-refractivity contribution < 1.29 is 9.90 Å². The number of amides is 1. The number of hydrogen-bond donors (Lipinski definition) is 1. The fourth-order valence-corrected chi connectivity index (χ4v) is 3.46. The third-order valence-corrected chi connectivity index (χ3v) is 4.74. The molecule has 0 saturated carbocycles. The van der Waals surface area contributed by atoms with Crippen molar-refractivity contribution in [3.8, 4) is 0 Å². The molecule has 1 unspecified atom stereocenters. The van der Waals surface area contributed by atoms with Gasteiger partial charge < -0.3 is 10.0 Å². The van der Waals surface area contributed by atoms with Crippen molar-refractivity contribution in [3.05, 3.63) is 22.4 Å². The van der Waals surface area contributed by atoms with Gasteiger partial charge in [-0.15, -0.1) is 11.3 Å². The average molecular weight is 281 g/mol. The van der Waals surface area contributed by atoms with E-state index in [1.807, 2.05) is 4.90 Å². The van der Waals surface area contributed by atoms with Crippen LogP contribution in [-0.2, 0) is 11.2 Å². The summed E-state index contributed by atoms with van der Waals surface area (Å²) < 4.78 is 0. The van der Waals surface area contributed by atoms with Gasteiger partial charge in [0.25, 0.3) is 0 Å². The van der Waals surface area contributed by atoms with Crippen LogP contribution >= 0.6 is 11.3 Å². The minimum Gasteiger partial charge on any atom is -0.394 e. The van der Waals surface area contributed by atoms with Gasteiger partial charge in [-0.25, -0.2) is 0 Å². The predicted molar refractivity (Wildman–Crippen MR) is 78.3 cm³/mol. The molecule has 1 aliphatic heterocycles. The predicted octanol–water partition coefficient (Wildman–Crippen LogP) is 2.83. The molecule has 106 valence electrons. The molecule has 19 heavy (non-hydrogen) atoms. The van der Waals surface area contributed by atoms with Crippen LogP contribution in [0.15, 0.2) is 17.5 Å². The molecule has 1 amide bonds. The molecule has 4 heteroatoms. The summed E-state index contributed by atoms with van der Waals surface area (Å²) in [6, 6.07) is 4.23. The van der Waals surface area contributed by atoms with Crippen LogP contribution in [0.1, 0.15) is 43.4 Å². The second-order valence-corrected chi connectivity index (χ2v) is 6.24. The molecule has 0 radical (unpaired) electrons. The zero-order chi connectivity index (χ0) is 13.5. The fraction of sp³-hybridized carbons (Fsp3) is 0.667. The van der Waals surface area contributed by atoms with Crippen LogP contribution < -0.4 is 0 Å². The maximum Gasteiger partial charge on any atom is 0.222 e. The Hall–Kier alpha value is -0.870. The third-order valence-electron chi connectivity index (χ3n) is 3.80. The van der Waals surface area contributed by atoms with Crippen LogP contribution in [0.25, 0.3) is 0 Å². The van der Waals surface area contributed by atoms with Gasteiger partial charge in [0.05, 0.1) is 12.6 Å². The SMILES string of the molecule is O=C(CCCc1cccs1)N1CCCCCC1CO. The minimum atomic E-state index is 0.0525. The van der Waals surface area contributed by atoms with E-state index in [0.717, 1.165) is 38.6 Å². The van der Waals surface area contributed by atoms with Crippen molar-refractivity contribution in [3.63, 3.8) is 0 Å². The van der Waals surface area contributed by atoms with E-state index in [4.69, 9.17) is 0 Å². The lowest BCUT2D eigenvalue weighted by Gasteiger charge is -2.28. The first kappa shape index (κ1) is 14.5. The molecule has 0 spiro atoms. The quantitative estimate of drug-likeness (QED) is 0.901. The van der Waals surface area contributed by atoms with Crippen molar-refractivity contribution in [2.45, 2.75) is 51.0 Å². The Morgan fingerprint density at radius 3 is 3.05 bits per heavy atom. The number of likely N-dealkylation sites (tertiary alicyclic amines) is 1. The van der Waals surface area contributed by atoms with E-state index in [1.54, 1.807) is 11.3 Å². The number of hydrogen-bond acceptors (Lipinski definition) is 3. The second-order valence-electron chi connectivity index (χ2n) is 5.21. The van der Waals surface area contributed by atoms with Crippen molar-refractivity contribution in [1.29, 1.82) is 0 Å². The smallest absolute Gasteiger partial charge is 0.222 e. The molecule has 2 heterocycles. The molecular formula is C15H23NO2S. The summed E-state index contributed by atoms with van der Waals surface area (Å²) in [4.78, 5) is 15.5. The summed E-state index contributed by atoms with van der Waals surface area (Å²) in [7, 11) is 0. The number of rotatable bonds is 5. The van der Waals surface area contributed by atoms with Crippen LogP contribution in [-0.4, -0.2) is 35.1 Å². The summed E-state index contributed by atoms with van der Waals surface area (Å²) in [5.41, 5.74) is 0. The summed E-state index contributed by atoms with van der Waals surface area (Å²) in [6.07, 6.45) is 6.84. The van der Waals surface area contributed by atoms with Crippen molar-refractivity contribution in [2.75, 3.05) is 13.2 Å². The van der Waals surface area contributed by atoms with Crippen LogP contribution in [0.4, 0.5) is 0 Å². The van der Waals surface area contributed by atoms with E-state index in [1.165, 1.54) is 11.3 Å². The number of carbonyl (C=O) groups is 1. The molecule has 2 rings (SSSR count). The van der Waals surface area contributed by atoms with Gasteiger partial charge in [-0.3, -0.25) is 4.79 Å². The number of aliphatic hydroxyl groups excluding tert-OH is 1. The Morgan fingerprint density at radius 2 is 2.32 bits per heavy atom. The summed E-state index contributed by atoms with van der Waals surface area (Å²) in [6.45, 7) is 0.930. The monoisotopic (exact) mass is 281 g/mol. The van der Waals surface area contributed by atoms with E-state index in [0.29, 0.717) is 6.42 Å². The lowest BCUT2D eigenvalue weighted by molar-refractivity contribution is -0.134. The van der Waals surface area contributed by atoms with Crippen LogP contribution in [0.3, 0.4) is 0 Å². The van der Waals surface area contributed by atoms with E-state index < -0.39 is 0 Å². The first-order valence-electron chi connectivity index (χ1n) is 7.24. The Labute approximate surface area is 119 Å². The molecule has 1 aromatic heterocycles. The number of aryl methyl sites for hydroxylation is 1. The first-order chi connectivity index (χ1) is 9.31. The Bertz CT molecular complexity index is 378. The van der Waals surface area contributed by atoms with E-state index >= 15 is 0 Å². The summed E-state index contributed by atoms with van der Waals surface area (Å²) in [5.74, 6) is 0.220. The highest BCUT2D eigenvalue weighted by Gasteiger charge is 2.24.